The molecule has 3 fully saturated rings. The van der Waals surface area contributed by atoms with E-state index in [-0.39, 0.29) is 5.60 Å². The van der Waals surface area contributed by atoms with Gasteiger partial charge in [-0.05, 0) is 43.9 Å². The summed E-state index contributed by atoms with van der Waals surface area (Å²) in [7, 11) is 0. The molecule has 90 valence electrons. The summed E-state index contributed by atoms with van der Waals surface area (Å²) in [4.78, 5) is 12.3. The SMILES string of the molecule is CC1(C)CC1C(=O)C1CCOC2(CCC2)C1. The minimum atomic E-state index is 0.123. The maximum absolute atomic E-state index is 12.3. The van der Waals surface area contributed by atoms with Crippen molar-refractivity contribution in [3.63, 3.8) is 0 Å². The van der Waals surface area contributed by atoms with Crippen molar-refractivity contribution in [1.29, 1.82) is 0 Å². The van der Waals surface area contributed by atoms with E-state index in [0.29, 0.717) is 23.0 Å². The predicted molar refractivity (Wildman–Crippen MR) is 62.2 cm³/mol. The zero-order valence-electron chi connectivity index (χ0n) is 10.4. The van der Waals surface area contributed by atoms with E-state index in [0.717, 1.165) is 25.9 Å². The monoisotopic (exact) mass is 222 g/mol. The van der Waals surface area contributed by atoms with E-state index in [1.807, 2.05) is 0 Å². The van der Waals surface area contributed by atoms with Crippen molar-refractivity contribution in [1.82, 2.24) is 0 Å². The molecule has 2 aliphatic carbocycles. The fourth-order valence-electron chi connectivity index (χ4n) is 3.43. The van der Waals surface area contributed by atoms with E-state index in [2.05, 4.69) is 13.8 Å². The van der Waals surface area contributed by atoms with Gasteiger partial charge in [0.1, 0.15) is 5.78 Å². The predicted octanol–water partition coefficient (Wildman–Crippen LogP) is 2.95. The standard InChI is InChI=1S/C14H22O2/c1-13(2)9-11(13)12(15)10-4-7-16-14(8-10)5-3-6-14/h10-11H,3-9H2,1-2H3. The van der Waals surface area contributed by atoms with Crippen molar-refractivity contribution in [3.05, 3.63) is 0 Å². The number of ketones is 1. The van der Waals surface area contributed by atoms with Crippen molar-refractivity contribution >= 4 is 5.78 Å². The Bertz CT molecular complexity index is 315. The first-order valence-corrected chi connectivity index (χ1v) is 6.70. The van der Waals surface area contributed by atoms with Gasteiger partial charge in [0.2, 0.25) is 0 Å². The van der Waals surface area contributed by atoms with Gasteiger partial charge in [-0.15, -0.1) is 0 Å². The summed E-state index contributed by atoms with van der Waals surface area (Å²) in [5, 5.41) is 0. The number of hydrogen-bond donors (Lipinski definition) is 0. The minimum absolute atomic E-state index is 0.123. The van der Waals surface area contributed by atoms with Crippen LogP contribution >= 0.6 is 0 Å². The van der Waals surface area contributed by atoms with Gasteiger partial charge in [0, 0.05) is 18.4 Å². The Kier molecular flexibility index (Phi) is 2.23. The molecule has 1 saturated heterocycles. The molecule has 2 unspecified atom stereocenters. The second-order valence-corrected chi connectivity index (χ2v) is 6.72. The molecule has 2 saturated carbocycles. The van der Waals surface area contributed by atoms with Crippen LogP contribution in [0.4, 0.5) is 0 Å². The normalized spacial score (nSPS) is 39.1. The fraction of sp³-hybridized carbons (Fsp3) is 0.929. The van der Waals surface area contributed by atoms with Crippen LogP contribution in [0.1, 0.15) is 52.4 Å². The Morgan fingerprint density at radius 1 is 1.25 bits per heavy atom. The van der Waals surface area contributed by atoms with Crippen LogP contribution in [0.25, 0.3) is 0 Å². The largest absolute Gasteiger partial charge is 0.375 e. The number of carbonyl (C=O) groups is 1. The van der Waals surface area contributed by atoms with E-state index < -0.39 is 0 Å². The van der Waals surface area contributed by atoms with Crippen LogP contribution in [0.15, 0.2) is 0 Å². The van der Waals surface area contributed by atoms with Gasteiger partial charge in [-0.1, -0.05) is 13.8 Å². The van der Waals surface area contributed by atoms with Gasteiger partial charge in [-0.25, -0.2) is 0 Å². The number of Topliss-reactive ketones (excluding diaryl/α,β-unsaturated/α-hetero) is 1. The molecule has 0 aromatic carbocycles. The number of carbonyl (C=O) groups excluding carboxylic acids is 1. The van der Waals surface area contributed by atoms with Crippen LogP contribution in [0.5, 0.6) is 0 Å². The van der Waals surface area contributed by atoms with Crippen LogP contribution in [0.3, 0.4) is 0 Å². The second-order valence-electron chi connectivity index (χ2n) is 6.72. The van der Waals surface area contributed by atoms with Crippen molar-refractivity contribution in [2.24, 2.45) is 17.3 Å². The molecule has 3 aliphatic rings. The van der Waals surface area contributed by atoms with Gasteiger partial charge in [0.25, 0.3) is 0 Å². The third kappa shape index (κ3) is 1.62. The average Bonchev–Trinajstić information content (AvgIpc) is 2.85. The molecule has 1 aliphatic heterocycles. The van der Waals surface area contributed by atoms with E-state index in [4.69, 9.17) is 4.74 Å². The van der Waals surface area contributed by atoms with Crippen molar-refractivity contribution in [2.45, 2.75) is 58.0 Å². The third-order valence-corrected chi connectivity index (χ3v) is 5.02. The molecule has 0 aromatic rings. The van der Waals surface area contributed by atoms with Gasteiger partial charge in [0.15, 0.2) is 0 Å². The lowest BCUT2D eigenvalue weighted by Crippen LogP contribution is -2.47. The molecule has 3 rings (SSSR count). The molecule has 2 heteroatoms. The zero-order chi connectivity index (χ0) is 11.4. The van der Waals surface area contributed by atoms with Crippen LogP contribution in [0.2, 0.25) is 0 Å². The Morgan fingerprint density at radius 3 is 2.44 bits per heavy atom. The number of hydrogen-bond acceptors (Lipinski definition) is 2. The highest BCUT2D eigenvalue weighted by molar-refractivity contribution is 5.86. The highest BCUT2D eigenvalue weighted by Crippen LogP contribution is 2.55. The maximum Gasteiger partial charge on any atom is 0.139 e. The molecule has 2 atom stereocenters. The first kappa shape index (κ1) is 10.8. The van der Waals surface area contributed by atoms with Crippen LogP contribution in [-0.2, 0) is 9.53 Å². The van der Waals surface area contributed by atoms with Gasteiger partial charge < -0.3 is 4.74 Å². The molecule has 2 nitrogen and oxygen atoms in total. The summed E-state index contributed by atoms with van der Waals surface area (Å²) >= 11 is 0. The van der Waals surface area contributed by atoms with Crippen molar-refractivity contribution in [2.75, 3.05) is 6.61 Å². The quantitative estimate of drug-likeness (QED) is 0.718. The lowest BCUT2D eigenvalue weighted by Gasteiger charge is -2.47. The summed E-state index contributed by atoms with van der Waals surface area (Å²) in [6.45, 7) is 5.24. The highest BCUT2D eigenvalue weighted by atomic mass is 16.5. The average molecular weight is 222 g/mol. The molecular formula is C14H22O2. The first-order chi connectivity index (χ1) is 7.53. The Balaban J connectivity index is 1.64. The first-order valence-electron chi connectivity index (χ1n) is 6.70. The third-order valence-electron chi connectivity index (χ3n) is 5.02. The molecule has 0 amide bonds. The van der Waals surface area contributed by atoms with Gasteiger partial charge in [0.05, 0.1) is 5.60 Å². The molecule has 1 heterocycles. The number of ether oxygens (including phenoxy) is 1. The molecule has 0 N–H and O–H groups in total. The summed E-state index contributed by atoms with van der Waals surface area (Å²) in [6, 6.07) is 0. The van der Waals surface area contributed by atoms with Gasteiger partial charge in [-0.2, -0.15) is 0 Å². The molecule has 0 bridgehead atoms. The Morgan fingerprint density at radius 2 is 1.94 bits per heavy atom. The lowest BCUT2D eigenvalue weighted by atomic mass is 9.70. The van der Waals surface area contributed by atoms with Crippen LogP contribution in [0, 0.1) is 17.3 Å². The second kappa shape index (κ2) is 3.32. The van der Waals surface area contributed by atoms with E-state index in [1.54, 1.807) is 0 Å². The van der Waals surface area contributed by atoms with Crippen LogP contribution in [-0.4, -0.2) is 18.0 Å². The minimum Gasteiger partial charge on any atom is -0.375 e. The van der Waals surface area contributed by atoms with Gasteiger partial charge in [-0.3, -0.25) is 4.79 Å². The van der Waals surface area contributed by atoms with Gasteiger partial charge >= 0.3 is 0 Å². The highest BCUT2D eigenvalue weighted by Gasteiger charge is 2.54. The van der Waals surface area contributed by atoms with E-state index in [9.17, 15) is 4.79 Å². The fourth-order valence-corrected chi connectivity index (χ4v) is 3.43. The molecule has 0 aromatic heterocycles. The Hall–Kier alpha value is -0.370. The lowest BCUT2D eigenvalue weighted by molar-refractivity contribution is -0.156. The van der Waals surface area contributed by atoms with E-state index >= 15 is 0 Å². The molecular weight excluding hydrogens is 200 g/mol. The summed E-state index contributed by atoms with van der Waals surface area (Å²) in [5.74, 6) is 1.20. The van der Waals surface area contributed by atoms with E-state index in [1.165, 1.54) is 19.3 Å². The van der Waals surface area contributed by atoms with Crippen molar-refractivity contribution in [3.8, 4) is 0 Å². The zero-order valence-corrected chi connectivity index (χ0v) is 10.4. The van der Waals surface area contributed by atoms with Crippen LogP contribution < -0.4 is 0 Å². The topological polar surface area (TPSA) is 26.3 Å². The van der Waals surface area contributed by atoms with Crippen molar-refractivity contribution < 1.29 is 9.53 Å². The summed E-state index contributed by atoms with van der Waals surface area (Å²) in [5.41, 5.74) is 0.416. The smallest absolute Gasteiger partial charge is 0.139 e. The molecule has 16 heavy (non-hydrogen) atoms. The number of rotatable bonds is 2. The molecule has 0 radical (unpaired) electrons. The molecule has 1 spiro atoms. The summed E-state index contributed by atoms with van der Waals surface area (Å²) in [6.07, 6.45) is 6.74. The summed E-state index contributed by atoms with van der Waals surface area (Å²) < 4.78 is 5.88. The maximum atomic E-state index is 12.3. The Labute approximate surface area is 97.7 Å².